The molecule has 0 saturated carbocycles. The van der Waals surface area contributed by atoms with E-state index in [9.17, 15) is 0 Å². The summed E-state index contributed by atoms with van der Waals surface area (Å²) < 4.78 is 19.2. The molecule has 0 unspecified atom stereocenters. The SMILES string of the molecule is CCc1noc(CSc2nnc(COc3ccccc3-c3ccccc3)n2-c2ccccc2OC)n1. The minimum atomic E-state index is 0.218. The van der Waals surface area contributed by atoms with Crippen molar-refractivity contribution in [3.63, 3.8) is 0 Å². The number of ether oxygens (including phenoxy) is 2. The minimum Gasteiger partial charge on any atom is -0.495 e. The number of thioether (sulfide) groups is 1. The smallest absolute Gasteiger partial charge is 0.237 e. The lowest BCUT2D eigenvalue weighted by Gasteiger charge is -2.15. The molecule has 0 bridgehead atoms. The van der Waals surface area contributed by atoms with E-state index in [0.29, 0.717) is 34.2 Å². The number of nitrogens with zero attached hydrogens (tertiary/aromatic N) is 5. The third-order valence-corrected chi connectivity index (χ3v) is 6.42. The molecule has 36 heavy (non-hydrogen) atoms. The van der Waals surface area contributed by atoms with E-state index in [1.54, 1.807) is 7.11 Å². The van der Waals surface area contributed by atoms with Crippen LogP contribution in [0.1, 0.15) is 24.5 Å². The molecule has 0 spiro atoms. The first-order valence-corrected chi connectivity index (χ1v) is 12.5. The van der Waals surface area contributed by atoms with Crippen LogP contribution < -0.4 is 9.47 Å². The summed E-state index contributed by atoms with van der Waals surface area (Å²) in [5, 5.41) is 13.6. The van der Waals surface area contributed by atoms with Crippen molar-refractivity contribution < 1.29 is 14.0 Å². The average molecular weight is 500 g/mol. The highest BCUT2D eigenvalue weighted by Gasteiger charge is 2.20. The van der Waals surface area contributed by atoms with Gasteiger partial charge in [0, 0.05) is 12.0 Å². The van der Waals surface area contributed by atoms with E-state index >= 15 is 0 Å². The largest absolute Gasteiger partial charge is 0.495 e. The lowest BCUT2D eigenvalue weighted by molar-refractivity contribution is 0.293. The molecule has 0 aliphatic carbocycles. The van der Waals surface area contributed by atoms with Crippen LogP contribution in [0.5, 0.6) is 11.5 Å². The number of aryl methyl sites for hydroxylation is 1. The Labute approximate surface area is 213 Å². The quantitative estimate of drug-likeness (QED) is 0.224. The monoisotopic (exact) mass is 499 g/mol. The van der Waals surface area contributed by atoms with E-state index in [1.165, 1.54) is 11.8 Å². The van der Waals surface area contributed by atoms with Crippen LogP contribution >= 0.6 is 11.8 Å². The molecule has 5 rings (SSSR count). The number of rotatable bonds is 10. The molecule has 8 nitrogen and oxygen atoms in total. The fourth-order valence-corrected chi connectivity index (χ4v) is 4.55. The minimum absolute atomic E-state index is 0.218. The molecule has 0 aliphatic rings. The second-order valence-electron chi connectivity index (χ2n) is 7.80. The van der Waals surface area contributed by atoms with Gasteiger partial charge in [-0.3, -0.25) is 4.57 Å². The number of methoxy groups -OCH3 is 1. The highest BCUT2D eigenvalue weighted by Crippen LogP contribution is 2.32. The first-order valence-electron chi connectivity index (χ1n) is 11.6. The molecule has 3 aromatic carbocycles. The zero-order valence-electron chi connectivity index (χ0n) is 20.0. The van der Waals surface area contributed by atoms with E-state index in [1.807, 2.05) is 78.2 Å². The maximum absolute atomic E-state index is 6.29. The van der Waals surface area contributed by atoms with Crippen LogP contribution in [0.3, 0.4) is 0 Å². The Morgan fingerprint density at radius 2 is 1.64 bits per heavy atom. The van der Waals surface area contributed by atoms with Crippen molar-refractivity contribution in [2.75, 3.05) is 7.11 Å². The maximum Gasteiger partial charge on any atom is 0.237 e. The molecule has 2 heterocycles. The highest BCUT2D eigenvalue weighted by molar-refractivity contribution is 7.98. The van der Waals surface area contributed by atoms with Crippen LogP contribution in [-0.2, 0) is 18.8 Å². The second-order valence-corrected chi connectivity index (χ2v) is 8.75. The summed E-state index contributed by atoms with van der Waals surface area (Å²) in [6, 6.07) is 25.9. The van der Waals surface area contributed by atoms with E-state index in [-0.39, 0.29) is 6.61 Å². The first-order chi connectivity index (χ1) is 17.8. The molecule has 0 fully saturated rings. The molecule has 0 N–H and O–H groups in total. The van der Waals surface area contributed by atoms with Crippen molar-refractivity contribution in [2.24, 2.45) is 0 Å². The molecule has 0 atom stereocenters. The van der Waals surface area contributed by atoms with E-state index < -0.39 is 0 Å². The molecule has 0 aliphatic heterocycles. The van der Waals surface area contributed by atoms with Gasteiger partial charge in [-0.05, 0) is 23.8 Å². The molecular formula is C27H25N5O3S. The Bertz CT molecular complexity index is 1430. The predicted octanol–water partition coefficient (Wildman–Crippen LogP) is 5.76. The Morgan fingerprint density at radius 3 is 2.42 bits per heavy atom. The summed E-state index contributed by atoms with van der Waals surface area (Å²) in [5.41, 5.74) is 2.92. The number of hydrogen-bond acceptors (Lipinski definition) is 8. The van der Waals surface area contributed by atoms with E-state index in [2.05, 4.69) is 32.5 Å². The molecule has 2 aromatic heterocycles. The van der Waals surface area contributed by atoms with Crippen molar-refractivity contribution in [3.05, 3.63) is 96.4 Å². The lowest BCUT2D eigenvalue weighted by Crippen LogP contribution is -2.08. The van der Waals surface area contributed by atoms with Gasteiger partial charge in [0.25, 0.3) is 0 Å². The van der Waals surface area contributed by atoms with Crippen molar-refractivity contribution in [3.8, 4) is 28.3 Å². The molecule has 0 saturated heterocycles. The van der Waals surface area contributed by atoms with Gasteiger partial charge in [-0.1, -0.05) is 84.5 Å². The van der Waals surface area contributed by atoms with Gasteiger partial charge in [-0.25, -0.2) is 0 Å². The van der Waals surface area contributed by atoms with E-state index in [0.717, 1.165) is 29.0 Å². The summed E-state index contributed by atoms with van der Waals surface area (Å²) in [6.07, 6.45) is 0.720. The molecule has 0 radical (unpaired) electrons. The van der Waals surface area contributed by atoms with Crippen LogP contribution in [0.15, 0.2) is 88.5 Å². The van der Waals surface area contributed by atoms with Gasteiger partial charge >= 0.3 is 0 Å². The van der Waals surface area contributed by atoms with Crippen molar-refractivity contribution in [1.82, 2.24) is 24.9 Å². The van der Waals surface area contributed by atoms with Crippen molar-refractivity contribution in [1.29, 1.82) is 0 Å². The Balaban J connectivity index is 1.45. The Morgan fingerprint density at radius 1 is 0.889 bits per heavy atom. The van der Waals surface area contributed by atoms with Crippen LogP contribution in [0.2, 0.25) is 0 Å². The molecular weight excluding hydrogens is 474 g/mol. The van der Waals surface area contributed by atoms with E-state index in [4.69, 9.17) is 14.0 Å². The van der Waals surface area contributed by atoms with Gasteiger partial charge in [-0.2, -0.15) is 4.98 Å². The van der Waals surface area contributed by atoms with Gasteiger partial charge in [-0.15, -0.1) is 10.2 Å². The summed E-state index contributed by atoms with van der Waals surface area (Å²) in [6.45, 7) is 2.21. The van der Waals surface area contributed by atoms with Gasteiger partial charge < -0.3 is 14.0 Å². The molecule has 182 valence electrons. The molecule has 9 heteroatoms. The van der Waals surface area contributed by atoms with Crippen LogP contribution in [-0.4, -0.2) is 32.0 Å². The summed E-state index contributed by atoms with van der Waals surface area (Å²) in [7, 11) is 1.65. The first kappa shape index (κ1) is 23.6. The Kier molecular flexibility index (Phi) is 7.28. The normalized spacial score (nSPS) is 10.9. The predicted molar refractivity (Wildman–Crippen MR) is 137 cm³/mol. The van der Waals surface area contributed by atoms with Crippen LogP contribution in [0.25, 0.3) is 16.8 Å². The maximum atomic E-state index is 6.29. The third kappa shape index (κ3) is 5.11. The van der Waals surface area contributed by atoms with Gasteiger partial charge in [0.15, 0.2) is 16.8 Å². The summed E-state index contributed by atoms with van der Waals surface area (Å²) in [5.74, 6) is 3.81. The van der Waals surface area contributed by atoms with Crippen LogP contribution in [0, 0.1) is 0 Å². The summed E-state index contributed by atoms with van der Waals surface area (Å²) >= 11 is 1.46. The van der Waals surface area contributed by atoms with Gasteiger partial charge in [0.1, 0.15) is 18.1 Å². The second kappa shape index (κ2) is 11.1. The number of benzene rings is 3. The zero-order chi connectivity index (χ0) is 24.7. The molecule has 5 aromatic rings. The lowest BCUT2D eigenvalue weighted by atomic mass is 10.1. The third-order valence-electron chi connectivity index (χ3n) is 5.51. The summed E-state index contributed by atoms with van der Waals surface area (Å²) in [4.78, 5) is 4.40. The molecule has 0 amide bonds. The fourth-order valence-electron chi connectivity index (χ4n) is 3.75. The van der Waals surface area contributed by atoms with Gasteiger partial charge in [0.2, 0.25) is 5.89 Å². The standard InChI is InChI=1S/C27H25N5O3S/c1-3-24-28-26(35-31-24)18-36-27-30-29-25(32(27)21-14-8-10-16-23(21)33-2)17-34-22-15-9-7-13-20(22)19-11-5-4-6-12-19/h4-16H,3,17-18H2,1-2H3. The van der Waals surface area contributed by atoms with Gasteiger partial charge in [0.05, 0.1) is 18.6 Å². The Hall–Kier alpha value is -4.11. The van der Waals surface area contributed by atoms with Crippen LogP contribution in [0.4, 0.5) is 0 Å². The number of para-hydroxylation sites is 3. The average Bonchev–Trinajstić information content (AvgIpc) is 3.58. The number of hydrogen-bond donors (Lipinski definition) is 0. The highest BCUT2D eigenvalue weighted by atomic mass is 32.2. The topological polar surface area (TPSA) is 88.1 Å². The fraction of sp³-hybridized carbons (Fsp3) is 0.185. The zero-order valence-corrected chi connectivity index (χ0v) is 20.8. The van der Waals surface area contributed by atoms with Crippen molar-refractivity contribution >= 4 is 11.8 Å². The number of aromatic nitrogens is 5. The van der Waals surface area contributed by atoms with Crippen molar-refractivity contribution in [2.45, 2.75) is 30.9 Å².